The number of carbonyl (C=O) groups excluding carboxylic acids is 2. The van der Waals surface area contributed by atoms with Crippen LogP contribution in [0.3, 0.4) is 0 Å². The van der Waals surface area contributed by atoms with Gasteiger partial charge in [-0.3, -0.25) is 4.79 Å². The number of urea groups is 1. The first-order valence-electron chi connectivity index (χ1n) is 10.6. The Labute approximate surface area is 258 Å². The zero-order chi connectivity index (χ0) is 25.7. The number of aryl methyl sites for hydroxylation is 2. The van der Waals surface area contributed by atoms with E-state index in [4.69, 9.17) is 9.47 Å². The van der Waals surface area contributed by atoms with Crippen LogP contribution in [0.4, 0.5) is 10.5 Å². The molecule has 10 nitrogen and oxygen atoms in total. The smallest absolute Gasteiger partial charge is 0.871 e. The van der Waals surface area contributed by atoms with Crippen molar-refractivity contribution in [3.05, 3.63) is 70.1 Å². The molecule has 0 bridgehead atoms. The minimum Gasteiger partial charge on any atom is -0.871 e. The van der Waals surface area contributed by atoms with E-state index in [1.807, 2.05) is 12.1 Å². The number of hydrogen-bond donors (Lipinski definition) is 2. The van der Waals surface area contributed by atoms with Crippen molar-refractivity contribution in [2.24, 2.45) is 7.05 Å². The molecule has 3 aromatic rings. The summed E-state index contributed by atoms with van der Waals surface area (Å²) in [5.74, 6) is -0.925. The van der Waals surface area contributed by atoms with Crippen molar-refractivity contribution in [3.8, 4) is 28.4 Å². The van der Waals surface area contributed by atoms with Gasteiger partial charge in [0.15, 0.2) is 11.5 Å². The molecule has 0 aliphatic rings. The van der Waals surface area contributed by atoms with Gasteiger partial charge < -0.3 is 39.7 Å². The summed E-state index contributed by atoms with van der Waals surface area (Å²) in [6, 6.07) is 10.4. The predicted molar refractivity (Wildman–Crippen MR) is 125 cm³/mol. The summed E-state index contributed by atoms with van der Waals surface area (Å²) in [4.78, 5) is 36.4. The first-order chi connectivity index (χ1) is 16.6. The average molecular weight is 525 g/mol. The third kappa shape index (κ3) is 8.00. The summed E-state index contributed by atoms with van der Waals surface area (Å²) >= 11 is 0. The van der Waals surface area contributed by atoms with Gasteiger partial charge in [0.1, 0.15) is 5.69 Å². The first kappa shape index (κ1) is 32.6. The molecule has 2 amide bonds. The maximum absolute atomic E-state index is 12.7. The van der Waals surface area contributed by atoms with Gasteiger partial charge in [-0.15, -0.1) is 0 Å². The molecule has 3 rings (SSSR count). The molecule has 1 atom stereocenters. The van der Waals surface area contributed by atoms with Gasteiger partial charge >= 0.3 is 65.1 Å². The summed E-state index contributed by atoms with van der Waals surface area (Å²) in [6.07, 6.45) is 0.838. The van der Waals surface area contributed by atoms with Crippen LogP contribution in [-0.4, -0.2) is 30.8 Å². The van der Waals surface area contributed by atoms with Gasteiger partial charge in [-0.05, 0) is 47.4 Å². The van der Waals surface area contributed by atoms with E-state index in [2.05, 4.69) is 10.6 Å². The Morgan fingerprint density at radius 3 is 2.30 bits per heavy atom. The van der Waals surface area contributed by atoms with Crippen LogP contribution in [0.15, 0.2) is 53.5 Å². The fourth-order valence-electron chi connectivity index (χ4n) is 3.67. The number of rotatable bonds is 8. The van der Waals surface area contributed by atoms with E-state index in [0.29, 0.717) is 17.1 Å². The molecule has 2 N–H and O–H groups in total. The predicted octanol–water partition coefficient (Wildman–Crippen LogP) is -4.54. The zero-order valence-corrected chi connectivity index (χ0v) is 25.7. The van der Waals surface area contributed by atoms with E-state index in [0.717, 1.165) is 11.1 Å². The van der Waals surface area contributed by atoms with Crippen molar-refractivity contribution >= 4 is 17.7 Å². The number of carboxylic acid groups (broad SMARTS) is 1. The number of anilines is 1. The molecule has 0 radical (unpaired) electrons. The van der Waals surface area contributed by atoms with Crippen LogP contribution in [0.2, 0.25) is 0 Å². The molecular formula is C25H25N3Na2O7. The van der Waals surface area contributed by atoms with Crippen molar-refractivity contribution in [1.82, 2.24) is 9.88 Å². The monoisotopic (exact) mass is 525 g/mol. The SMILES string of the molecule is COc1ccc(-c2cccc([C@H](CC(=O)[O-])NC(=O)Nc3c([O-])c(C)cn(C)c3=O)c2)cc1OC.[Na+].[Na+]. The van der Waals surface area contributed by atoms with E-state index in [1.165, 1.54) is 39.0 Å². The molecule has 0 saturated carbocycles. The number of aromatic nitrogens is 1. The number of nitrogens with zero attached hydrogens (tertiary/aromatic N) is 1. The largest absolute Gasteiger partial charge is 1.00 e. The van der Waals surface area contributed by atoms with Crippen molar-refractivity contribution < 1.29 is 88.4 Å². The molecule has 0 unspecified atom stereocenters. The van der Waals surface area contributed by atoms with Crippen LogP contribution >= 0.6 is 0 Å². The molecule has 12 heteroatoms. The minimum absolute atomic E-state index is 0. The Kier molecular flexibility index (Phi) is 12.7. The molecule has 1 aromatic heterocycles. The molecule has 0 saturated heterocycles. The fourth-order valence-corrected chi connectivity index (χ4v) is 3.67. The fraction of sp³-hybridized carbons (Fsp3) is 0.240. The quantitative estimate of drug-likeness (QED) is 0.282. The van der Waals surface area contributed by atoms with Crippen molar-refractivity contribution in [3.63, 3.8) is 0 Å². The molecular weight excluding hydrogens is 500 g/mol. The Bertz CT molecular complexity index is 1330. The van der Waals surface area contributed by atoms with Crippen molar-refractivity contribution in [1.29, 1.82) is 0 Å². The topological polar surface area (TPSA) is 145 Å². The van der Waals surface area contributed by atoms with Gasteiger partial charge in [-0.2, -0.15) is 0 Å². The molecule has 0 aliphatic carbocycles. The van der Waals surface area contributed by atoms with Crippen LogP contribution in [0, 0.1) is 6.92 Å². The van der Waals surface area contributed by atoms with Crippen LogP contribution < -0.4 is 95.0 Å². The Morgan fingerprint density at radius 1 is 1.03 bits per heavy atom. The van der Waals surface area contributed by atoms with Gasteiger partial charge in [0.25, 0.3) is 5.56 Å². The normalized spacial score (nSPS) is 10.8. The van der Waals surface area contributed by atoms with Gasteiger partial charge in [0, 0.05) is 25.6 Å². The van der Waals surface area contributed by atoms with E-state index in [9.17, 15) is 24.6 Å². The second-order valence-corrected chi connectivity index (χ2v) is 7.85. The van der Waals surface area contributed by atoms with E-state index in [-0.39, 0.29) is 64.7 Å². The maximum atomic E-state index is 12.7. The summed E-state index contributed by atoms with van der Waals surface area (Å²) in [5, 5.41) is 28.5. The number of amides is 2. The number of carbonyl (C=O) groups is 2. The number of hydrogen-bond acceptors (Lipinski definition) is 7. The third-order valence-electron chi connectivity index (χ3n) is 5.43. The van der Waals surface area contributed by atoms with E-state index < -0.39 is 41.5 Å². The van der Waals surface area contributed by atoms with Crippen molar-refractivity contribution in [2.45, 2.75) is 19.4 Å². The minimum atomic E-state index is -1.39. The first-order valence-corrected chi connectivity index (χ1v) is 10.6. The molecule has 0 aliphatic heterocycles. The van der Waals surface area contributed by atoms with E-state index >= 15 is 0 Å². The van der Waals surface area contributed by atoms with Crippen molar-refractivity contribution in [2.75, 3.05) is 19.5 Å². The van der Waals surface area contributed by atoms with Crippen LogP contribution in [0.25, 0.3) is 11.1 Å². The number of nitrogens with one attached hydrogen (secondary N) is 2. The number of aliphatic carboxylic acids is 1. The summed E-state index contributed by atoms with van der Waals surface area (Å²) in [7, 11) is 4.50. The van der Waals surface area contributed by atoms with Gasteiger partial charge in [0.2, 0.25) is 0 Å². The van der Waals surface area contributed by atoms with Crippen LogP contribution in [-0.2, 0) is 11.8 Å². The number of benzene rings is 2. The molecule has 184 valence electrons. The second kappa shape index (κ2) is 14.5. The number of pyridine rings is 1. The molecule has 2 aromatic carbocycles. The maximum Gasteiger partial charge on any atom is 1.00 e. The van der Waals surface area contributed by atoms with Gasteiger partial charge in [0.05, 0.1) is 20.3 Å². The average Bonchev–Trinajstić information content (AvgIpc) is 2.84. The molecule has 0 fully saturated rings. The zero-order valence-electron chi connectivity index (χ0n) is 21.7. The molecule has 1 heterocycles. The Balaban J connectivity index is 0.00000342. The molecule has 0 spiro atoms. The van der Waals surface area contributed by atoms with Crippen LogP contribution in [0.1, 0.15) is 23.6 Å². The summed E-state index contributed by atoms with van der Waals surface area (Å²) < 4.78 is 11.8. The number of ether oxygens (including phenoxy) is 2. The van der Waals surface area contributed by atoms with E-state index in [1.54, 1.807) is 30.3 Å². The van der Waals surface area contributed by atoms with Crippen LogP contribution in [0.5, 0.6) is 17.2 Å². The standard InChI is InChI=1S/C25H27N3O7.2Na/c1-14-13-28(2)24(32)22(23(14)31)27-25(33)26-18(12-21(29)30)17-7-5-6-15(10-17)16-8-9-19(34-3)20(11-16)35-4;;/h5-11,13,18,31H,12H2,1-4H3,(H,29,30)(H2,26,27,33);;/q;2*+1/p-2/t18-;;/m0../s1. The Morgan fingerprint density at radius 2 is 1.68 bits per heavy atom. The third-order valence-corrected chi connectivity index (χ3v) is 5.43. The van der Waals surface area contributed by atoms with Gasteiger partial charge in [-0.25, -0.2) is 4.79 Å². The van der Waals surface area contributed by atoms with Gasteiger partial charge in [-0.1, -0.05) is 30.0 Å². The second-order valence-electron chi connectivity index (χ2n) is 7.85. The summed E-state index contributed by atoms with van der Waals surface area (Å²) in [6.45, 7) is 1.52. The molecule has 37 heavy (non-hydrogen) atoms. The summed E-state index contributed by atoms with van der Waals surface area (Å²) in [5.41, 5.74) is 1.18. The number of carboxylic acids is 1. The Hall–Kier alpha value is -2.47. The number of methoxy groups -OCH3 is 2.